The van der Waals surface area contributed by atoms with Gasteiger partial charge in [0.05, 0.1) is 0 Å². The van der Waals surface area contributed by atoms with Gasteiger partial charge < -0.3 is 14.2 Å². The van der Waals surface area contributed by atoms with Crippen molar-refractivity contribution in [2.75, 3.05) is 0 Å². The Labute approximate surface area is 273 Å². The van der Waals surface area contributed by atoms with Crippen molar-refractivity contribution in [1.82, 2.24) is 10.3 Å². The van der Waals surface area contributed by atoms with E-state index in [2.05, 4.69) is 83.1 Å². The van der Waals surface area contributed by atoms with Crippen LogP contribution in [0.15, 0.2) is 152 Å². The van der Waals surface area contributed by atoms with Crippen LogP contribution >= 0.6 is 0 Å². The average Bonchev–Trinajstić information content (AvgIpc) is 3.82. The van der Waals surface area contributed by atoms with Crippen molar-refractivity contribution >= 4 is 66.5 Å². The Kier molecular flexibility index (Phi) is 5.07. The molecule has 6 heteroatoms. The van der Waals surface area contributed by atoms with Gasteiger partial charge in [-0.2, -0.15) is 0 Å². The minimum atomic E-state index is -0.433. The van der Waals surface area contributed by atoms with Gasteiger partial charge in [0.25, 0.3) is 0 Å². The van der Waals surface area contributed by atoms with Crippen LogP contribution in [0.4, 0.5) is 0 Å². The normalized spacial score (nSPS) is 15.3. The van der Waals surface area contributed by atoms with E-state index in [1.165, 1.54) is 33.0 Å². The van der Waals surface area contributed by atoms with Crippen LogP contribution in [0, 0.1) is 0 Å². The highest BCUT2D eigenvalue weighted by molar-refractivity contribution is 6.22. The predicted molar refractivity (Wildman–Crippen MR) is 193 cm³/mol. The molecule has 9 aromatic rings. The second kappa shape index (κ2) is 9.50. The molecule has 1 atom stereocenters. The summed E-state index contributed by atoms with van der Waals surface area (Å²) in [6.07, 6.45) is 1.32. The molecule has 1 aliphatic carbocycles. The number of fused-ring (bicyclic) bond motifs is 9. The van der Waals surface area contributed by atoms with Crippen LogP contribution < -0.4 is 5.32 Å². The van der Waals surface area contributed by atoms with E-state index in [-0.39, 0.29) is 0 Å². The molecule has 48 heavy (non-hydrogen) atoms. The van der Waals surface area contributed by atoms with Gasteiger partial charge >= 0.3 is 0 Å². The van der Waals surface area contributed by atoms with E-state index < -0.39 is 6.17 Å². The van der Waals surface area contributed by atoms with E-state index >= 15 is 0 Å². The molecule has 6 aromatic carbocycles. The smallest absolute Gasteiger partial charge is 0.227 e. The number of nitrogens with one attached hydrogen (secondary N) is 1. The van der Waals surface area contributed by atoms with Crippen LogP contribution in [0.3, 0.4) is 0 Å². The maximum Gasteiger partial charge on any atom is 0.227 e. The lowest BCUT2D eigenvalue weighted by Crippen LogP contribution is -2.33. The lowest BCUT2D eigenvalue weighted by atomic mass is 9.99. The van der Waals surface area contributed by atoms with Gasteiger partial charge in [-0.3, -0.25) is 0 Å². The number of aliphatic imine (C=N–C) groups is 2. The number of rotatable bonds is 3. The minimum absolute atomic E-state index is 0.433. The van der Waals surface area contributed by atoms with Gasteiger partial charge in [-0.15, -0.1) is 0 Å². The van der Waals surface area contributed by atoms with Crippen LogP contribution in [0.2, 0.25) is 0 Å². The first-order valence-corrected chi connectivity index (χ1v) is 16.1. The van der Waals surface area contributed by atoms with Crippen LogP contribution in [0.1, 0.15) is 22.9 Å². The lowest BCUT2D eigenvalue weighted by molar-refractivity contribution is 0.654. The summed E-state index contributed by atoms with van der Waals surface area (Å²) in [7, 11) is 0. The average molecular weight is 617 g/mol. The zero-order chi connectivity index (χ0) is 31.3. The van der Waals surface area contributed by atoms with Crippen LogP contribution in [-0.4, -0.2) is 16.7 Å². The Morgan fingerprint density at radius 1 is 0.542 bits per heavy atom. The number of amidine groups is 2. The highest BCUT2D eigenvalue weighted by atomic mass is 16.3. The lowest BCUT2D eigenvalue weighted by Gasteiger charge is -2.24. The monoisotopic (exact) mass is 616 g/mol. The summed E-state index contributed by atoms with van der Waals surface area (Å²) >= 11 is 0. The van der Waals surface area contributed by atoms with Gasteiger partial charge in [-0.25, -0.2) is 15.0 Å². The second-order valence-corrected chi connectivity index (χ2v) is 12.4. The first kappa shape index (κ1) is 25.6. The molecule has 1 unspecified atom stereocenters. The molecule has 2 aliphatic rings. The fourth-order valence-electron chi connectivity index (χ4n) is 7.69. The molecule has 3 aromatic heterocycles. The Hall–Kier alpha value is -6.53. The molecule has 1 aliphatic heterocycles. The molecule has 0 saturated carbocycles. The molecule has 0 spiro atoms. The van der Waals surface area contributed by atoms with Gasteiger partial charge in [-0.05, 0) is 69.4 Å². The highest BCUT2D eigenvalue weighted by Crippen LogP contribution is 2.47. The molecule has 6 nitrogen and oxygen atoms in total. The second-order valence-electron chi connectivity index (χ2n) is 12.4. The number of pyridine rings is 1. The fraction of sp³-hybridized carbons (Fsp3) is 0.0238. The fourth-order valence-corrected chi connectivity index (χ4v) is 7.69. The predicted octanol–water partition coefficient (Wildman–Crippen LogP) is 10.2. The topological polar surface area (TPSA) is 75.9 Å². The first-order valence-electron chi connectivity index (χ1n) is 16.1. The Morgan fingerprint density at radius 2 is 1.29 bits per heavy atom. The number of para-hydroxylation sites is 1. The molecule has 224 valence electrons. The van der Waals surface area contributed by atoms with E-state index in [4.69, 9.17) is 18.8 Å². The van der Waals surface area contributed by atoms with Gasteiger partial charge in [-0.1, -0.05) is 91.0 Å². The Balaban J connectivity index is 1.15. The first-order chi connectivity index (χ1) is 23.8. The van der Waals surface area contributed by atoms with Gasteiger partial charge in [0, 0.05) is 44.4 Å². The number of nitrogens with zero attached hydrogens (tertiary/aromatic N) is 3. The number of furan rings is 2. The number of benzene rings is 6. The molecule has 4 heterocycles. The van der Waals surface area contributed by atoms with Crippen LogP contribution in [0.25, 0.3) is 77.0 Å². The van der Waals surface area contributed by atoms with Crippen molar-refractivity contribution in [3.8, 4) is 22.3 Å². The number of aromatic nitrogens is 1. The zero-order valence-electron chi connectivity index (χ0n) is 25.4. The van der Waals surface area contributed by atoms with E-state index in [0.717, 1.165) is 60.8 Å². The molecule has 0 bridgehead atoms. The van der Waals surface area contributed by atoms with E-state index in [1.807, 2.05) is 54.6 Å². The quantitative estimate of drug-likeness (QED) is 0.214. The minimum Gasteiger partial charge on any atom is -0.456 e. The van der Waals surface area contributed by atoms with Crippen LogP contribution in [0.5, 0.6) is 0 Å². The SMILES string of the molecule is c1cc2c3c(cccc3c1)-c1cc(C3=NC(c4cccc5oc6ccccc6c45)NC(c4cccc5oc6ncccc6c45)=N3)ccc1-2. The Bertz CT molecular complexity index is 2890. The standard InChI is InChI=1S/C42H24N4O2/c1-2-16-33-28(10-1)37-29(13-5-17-34(37)47-33)40-44-39(24-19-20-25-26-11-3-8-23-9-4-12-27(36(23)26)32(25)22-24)45-41(46-40)30-14-6-18-35-38(30)31-15-7-21-43-42(31)48-35/h1-22,40H,(H,44,45,46). The van der Waals surface area contributed by atoms with Gasteiger partial charge in [0.2, 0.25) is 5.71 Å². The third-order valence-corrected chi connectivity index (χ3v) is 9.76. The summed E-state index contributed by atoms with van der Waals surface area (Å²) in [6, 6.07) is 44.1. The third kappa shape index (κ3) is 3.54. The van der Waals surface area contributed by atoms with E-state index in [9.17, 15) is 0 Å². The summed E-state index contributed by atoms with van der Waals surface area (Å²) in [5.41, 5.74) is 10.9. The summed E-state index contributed by atoms with van der Waals surface area (Å²) in [6.45, 7) is 0. The number of hydrogen-bond acceptors (Lipinski definition) is 6. The molecule has 1 N–H and O–H groups in total. The zero-order valence-corrected chi connectivity index (χ0v) is 25.4. The van der Waals surface area contributed by atoms with Crippen molar-refractivity contribution in [1.29, 1.82) is 0 Å². The van der Waals surface area contributed by atoms with Crippen molar-refractivity contribution < 1.29 is 8.83 Å². The molecule has 0 fully saturated rings. The summed E-state index contributed by atoms with van der Waals surface area (Å²) in [5.74, 6) is 1.38. The maximum atomic E-state index is 6.29. The van der Waals surface area contributed by atoms with Gasteiger partial charge in [0.15, 0.2) is 5.84 Å². The maximum absolute atomic E-state index is 6.29. The summed E-state index contributed by atoms with van der Waals surface area (Å²) < 4.78 is 12.5. The molecule has 0 saturated heterocycles. The van der Waals surface area contributed by atoms with E-state index in [1.54, 1.807) is 6.20 Å². The molecule has 11 rings (SSSR count). The largest absolute Gasteiger partial charge is 0.456 e. The Morgan fingerprint density at radius 3 is 2.21 bits per heavy atom. The molecule has 0 radical (unpaired) electrons. The number of hydrogen-bond donors (Lipinski definition) is 1. The van der Waals surface area contributed by atoms with Crippen molar-refractivity contribution in [3.05, 3.63) is 150 Å². The molecule has 0 amide bonds. The van der Waals surface area contributed by atoms with Crippen LogP contribution in [-0.2, 0) is 0 Å². The molecular formula is C42H24N4O2. The summed E-state index contributed by atoms with van der Waals surface area (Å²) in [4.78, 5) is 15.1. The van der Waals surface area contributed by atoms with E-state index in [0.29, 0.717) is 11.5 Å². The summed E-state index contributed by atoms with van der Waals surface area (Å²) in [5, 5.41) is 10.3. The van der Waals surface area contributed by atoms with Crippen molar-refractivity contribution in [2.45, 2.75) is 6.17 Å². The van der Waals surface area contributed by atoms with Crippen molar-refractivity contribution in [3.63, 3.8) is 0 Å². The third-order valence-electron chi connectivity index (χ3n) is 9.76. The van der Waals surface area contributed by atoms with Crippen molar-refractivity contribution in [2.24, 2.45) is 9.98 Å². The highest BCUT2D eigenvalue weighted by Gasteiger charge is 2.28. The molecular weight excluding hydrogens is 592 g/mol. The van der Waals surface area contributed by atoms with Gasteiger partial charge in [0.1, 0.15) is 28.8 Å².